The van der Waals surface area contributed by atoms with Gasteiger partial charge in [0.05, 0.1) is 17.8 Å². The van der Waals surface area contributed by atoms with Crippen molar-refractivity contribution in [3.05, 3.63) is 57.4 Å². The number of fused-ring (bicyclic) bond motifs is 1. The molecule has 31 heavy (non-hydrogen) atoms. The molecule has 1 fully saturated rings. The molecule has 11 heteroatoms. The van der Waals surface area contributed by atoms with Crippen molar-refractivity contribution in [1.82, 2.24) is 25.1 Å². The van der Waals surface area contributed by atoms with E-state index in [-0.39, 0.29) is 11.5 Å². The zero-order valence-electron chi connectivity index (χ0n) is 16.1. The molecule has 1 N–H and O–H groups in total. The molecular weight excluding hydrogens is 458 g/mol. The standard InChI is InChI=1S/C20H16ClN5O3S2/c21-12-5-3-11(4-6-12)14-8-13-18(31-14)19(28)23-15(22-13)10-30-20-25-24-16(29-20)9-26-7-1-2-17(26)27/h3-6,8H,1-2,7,9-10H2,(H,22,23,28). The van der Waals surface area contributed by atoms with E-state index in [2.05, 4.69) is 20.2 Å². The summed E-state index contributed by atoms with van der Waals surface area (Å²) in [4.78, 5) is 34.3. The van der Waals surface area contributed by atoms with Crippen LogP contribution < -0.4 is 5.56 Å². The summed E-state index contributed by atoms with van der Waals surface area (Å²) in [5, 5.41) is 9.05. The fourth-order valence-corrected chi connectivity index (χ4v) is 5.11. The number of aromatic amines is 1. The fraction of sp³-hybridized carbons (Fsp3) is 0.250. The number of amides is 1. The van der Waals surface area contributed by atoms with Gasteiger partial charge in [-0.25, -0.2) is 4.98 Å². The second-order valence-electron chi connectivity index (χ2n) is 7.01. The maximum atomic E-state index is 12.5. The average molecular weight is 474 g/mol. The van der Waals surface area contributed by atoms with Crippen molar-refractivity contribution in [3.8, 4) is 10.4 Å². The molecule has 1 amide bonds. The highest BCUT2D eigenvalue weighted by Gasteiger charge is 2.22. The maximum absolute atomic E-state index is 12.5. The lowest BCUT2D eigenvalue weighted by Crippen LogP contribution is -2.23. The number of hydrogen-bond donors (Lipinski definition) is 1. The number of halogens is 1. The van der Waals surface area contributed by atoms with Gasteiger partial charge in [0.1, 0.15) is 10.5 Å². The number of H-pyrrole nitrogens is 1. The van der Waals surface area contributed by atoms with E-state index in [1.54, 1.807) is 4.90 Å². The number of thiophene rings is 1. The molecule has 0 unspecified atom stereocenters. The van der Waals surface area contributed by atoms with Crippen LogP contribution in [0.25, 0.3) is 20.7 Å². The summed E-state index contributed by atoms with van der Waals surface area (Å²) < 4.78 is 6.20. The molecule has 1 aromatic carbocycles. The van der Waals surface area contributed by atoms with Gasteiger partial charge in [0.15, 0.2) is 0 Å². The van der Waals surface area contributed by atoms with Gasteiger partial charge in [-0.2, -0.15) is 0 Å². The maximum Gasteiger partial charge on any atom is 0.277 e. The Morgan fingerprint density at radius 3 is 2.84 bits per heavy atom. The summed E-state index contributed by atoms with van der Waals surface area (Å²) in [6.45, 7) is 1.04. The van der Waals surface area contributed by atoms with Gasteiger partial charge in [-0.3, -0.25) is 9.59 Å². The molecule has 4 heterocycles. The summed E-state index contributed by atoms with van der Waals surface area (Å²) >= 11 is 8.64. The zero-order chi connectivity index (χ0) is 21.4. The van der Waals surface area contributed by atoms with E-state index in [1.807, 2.05) is 30.3 Å². The van der Waals surface area contributed by atoms with Crippen LogP contribution in [-0.4, -0.2) is 37.5 Å². The molecule has 0 bridgehead atoms. The van der Waals surface area contributed by atoms with Crippen LogP contribution in [0, 0.1) is 0 Å². The number of benzene rings is 1. The minimum Gasteiger partial charge on any atom is -0.414 e. The van der Waals surface area contributed by atoms with E-state index in [1.165, 1.54) is 23.1 Å². The van der Waals surface area contributed by atoms with Gasteiger partial charge in [0.2, 0.25) is 11.8 Å². The Kier molecular flexibility index (Phi) is 5.51. The molecule has 0 aliphatic carbocycles. The van der Waals surface area contributed by atoms with E-state index >= 15 is 0 Å². The number of rotatable bonds is 6. The largest absolute Gasteiger partial charge is 0.414 e. The normalized spacial score (nSPS) is 14.1. The fourth-order valence-electron chi connectivity index (χ4n) is 3.34. The van der Waals surface area contributed by atoms with E-state index in [4.69, 9.17) is 16.0 Å². The molecule has 4 aromatic rings. The minimum atomic E-state index is -0.176. The highest BCUT2D eigenvalue weighted by Crippen LogP contribution is 2.32. The first-order chi connectivity index (χ1) is 15.0. The van der Waals surface area contributed by atoms with E-state index < -0.39 is 0 Å². The molecule has 5 rings (SSSR count). The Hall–Kier alpha value is -2.69. The van der Waals surface area contributed by atoms with Crippen molar-refractivity contribution >= 4 is 50.8 Å². The summed E-state index contributed by atoms with van der Waals surface area (Å²) in [5.74, 6) is 1.41. The summed E-state index contributed by atoms with van der Waals surface area (Å²) in [7, 11) is 0. The van der Waals surface area contributed by atoms with Gasteiger partial charge >= 0.3 is 0 Å². The molecule has 1 aliphatic rings. The molecular formula is C20H16ClN5O3S2. The van der Waals surface area contributed by atoms with Crippen molar-refractivity contribution < 1.29 is 9.21 Å². The van der Waals surface area contributed by atoms with E-state index in [0.29, 0.717) is 57.4 Å². The van der Waals surface area contributed by atoms with Crippen LogP contribution in [0.5, 0.6) is 0 Å². The van der Waals surface area contributed by atoms with Crippen LogP contribution in [-0.2, 0) is 17.1 Å². The highest BCUT2D eigenvalue weighted by molar-refractivity contribution is 7.98. The van der Waals surface area contributed by atoms with Crippen LogP contribution in [0.2, 0.25) is 5.02 Å². The van der Waals surface area contributed by atoms with Crippen LogP contribution >= 0.6 is 34.7 Å². The second kappa shape index (κ2) is 8.45. The number of nitrogens with one attached hydrogen (secondary N) is 1. The predicted molar refractivity (Wildman–Crippen MR) is 119 cm³/mol. The third kappa shape index (κ3) is 4.36. The molecule has 0 atom stereocenters. The molecule has 0 saturated carbocycles. The third-order valence-electron chi connectivity index (χ3n) is 4.84. The lowest BCUT2D eigenvalue weighted by Gasteiger charge is -2.11. The van der Waals surface area contributed by atoms with Crippen LogP contribution in [0.4, 0.5) is 0 Å². The van der Waals surface area contributed by atoms with Crippen molar-refractivity contribution in [2.45, 2.75) is 30.4 Å². The lowest BCUT2D eigenvalue weighted by molar-refractivity contribution is -0.128. The lowest BCUT2D eigenvalue weighted by atomic mass is 10.2. The summed E-state index contributed by atoms with van der Waals surface area (Å²) in [5.41, 5.74) is 1.45. The first kappa shape index (κ1) is 20.2. The van der Waals surface area contributed by atoms with Gasteiger partial charge < -0.3 is 14.3 Å². The SMILES string of the molecule is O=C1CCCN1Cc1nnc(SCc2nc3cc(-c4ccc(Cl)cc4)sc3c(=O)[nH]2)o1. The Morgan fingerprint density at radius 2 is 2.06 bits per heavy atom. The van der Waals surface area contributed by atoms with Crippen molar-refractivity contribution in [2.24, 2.45) is 0 Å². The smallest absolute Gasteiger partial charge is 0.277 e. The number of aromatic nitrogens is 4. The van der Waals surface area contributed by atoms with Gasteiger partial charge in [-0.15, -0.1) is 21.5 Å². The molecule has 8 nitrogen and oxygen atoms in total. The quantitative estimate of drug-likeness (QED) is 0.420. The van der Waals surface area contributed by atoms with E-state index in [0.717, 1.165) is 16.9 Å². The Morgan fingerprint density at radius 1 is 1.23 bits per heavy atom. The summed E-state index contributed by atoms with van der Waals surface area (Å²) in [6.07, 6.45) is 1.43. The number of hydrogen-bond acceptors (Lipinski definition) is 8. The minimum absolute atomic E-state index is 0.108. The Balaban J connectivity index is 1.30. The first-order valence-corrected chi connectivity index (χ1v) is 11.7. The topological polar surface area (TPSA) is 105 Å². The molecule has 0 radical (unpaired) electrons. The molecule has 3 aromatic heterocycles. The van der Waals surface area contributed by atoms with Crippen molar-refractivity contribution in [1.29, 1.82) is 0 Å². The average Bonchev–Trinajstić information content (AvgIpc) is 3.48. The Bertz CT molecular complexity index is 1310. The van der Waals surface area contributed by atoms with Crippen LogP contribution in [0.3, 0.4) is 0 Å². The van der Waals surface area contributed by atoms with E-state index in [9.17, 15) is 9.59 Å². The number of nitrogens with zero attached hydrogens (tertiary/aromatic N) is 4. The van der Waals surface area contributed by atoms with Crippen molar-refractivity contribution in [2.75, 3.05) is 6.54 Å². The number of thioether (sulfide) groups is 1. The molecule has 0 spiro atoms. The van der Waals surface area contributed by atoms with Gasteiger partial charge in [0, 0.05) is 22.9 Å². The zero-order valence-corrected chi connectivity index (χ0v) is 18.5. The molecule has 1 saturated heterocycles. The van der Waals surface area contributed by atoms with Gasteiger partial charge in [-0.05, 0) is 30.2 Å². The van der Waals surface area contributed by atoms with Gasteiger partial charge in [-0.1, -0.05) is 35.5 Å². The monoisotopic (exact) mass is 473 g/mol. The van der Waals surface area contributed by atoms with Gasteiger partial charge in [0.25, 0.3) is 10.8 Å². The predicted octanol–water partition coefficient (Wildman–Crippen LogP) is 4.10. The highest BCUT2D eigenvalue weighted by atomic mass is 35.5. The molecule has 1 aliphatic heterocycles. The third-order valence-corrected chi connectivity index (χ3v) is 7.09. The van der Waals surface area contributed by atoms with Crippen molar-refractivity contribution in [3.63, 3.8) is 0 Å². The second-order valence-corrected chi connectivity index (χ2v) is 9.43. The number of carbonyl (C=O) groups excluding carboxylic acids is 1. The van der Waals surface area contributed by atoms with Crippen LogP contribution in [0.15, 0.2) is 44.8 Å². The number of likely N-dealkylation sites (tertiary alicyclic amines) is 1. The Labute approximate surface area is 189 Å². The first-order valence-electron chi connectivity index (χ1n) is 9.57. The molecule has 158 valence electrons. The van der Waals surface area contributed by atoms with Crippen LogP contribution in [0.1, 0.15) is 24.6 Å². The summed E-state index contributed by atoms with van der Waals surface area (Å²) in [6, 6.07) is 9.38. The number of carbonyl (C=O) groups is 1.